The van der Waals surface area contributed by atoms with Gasteiger partial charge in [0.2, 0.25) is 0 Å². The van der Waals surface area contributed by atoms with Crippen LogP contribution in [0.3, 0.4) is 0 Å². The Morgan fingerprint density at radius 1 is 1.42 bits per heavy atom. The minimum atomic E-state index is -0.0145. The lowest BCUT2D eigenvalue weighted by Crippen LogP contribution is -2.32. The highest BCUT2D eigenvalue weighted by Gasteiger charge is 2.27. The van der Waals surface area contributed by atoms with Crippen LogP contribution >= 0.6 is 0 Å². The van der Waals surface area contributed by atoms with Gasteiger partial charge in [0.1, 0.15) is 0 Å². The van der Waals surface area contributed by atoms with Gasteiger partial charge in [-0.25, -0.2) is 9.67 Å². The number of nitrogens with one attached hydrogen (secondary N) is 1. The summed E-state index contributed by atoms with van der Waals surface area (Å²) in [7, 11) is 0. The second kappa shape index (κ2) is 6.16. The first-order valence-corrected chi connectivity index (χ1v) is 8.94. The fourth-order valence-electron chi connectivity index (χ4n) is 3.79. The van der Waals surface area contributed by atoms with Crippen molar-refractivity contribution in [3.8, 4) is 0 Å². The maximum Gasteiger partial charge on any atom is 0.252 e. The topological polar surface area (TPSA) is 69.0 Å². The first kappa shape index (κ1) is 15.6. The monoisotopic (exact) mass is 328 g/mol. The second-order valence-electron chi connectivity index (χ2n) is 7.03. The van der Waals surface area contributed by atoms with Crippen molar-refractivity contribution in [3.05, 3.63) is 23.0 Å². The molecular formula is C18H24N4O2. The number of pyridine rings is 1. The predicted octanol–water partition coefficient (Wildman–Crippen LogP) is 2.41. The summed E-state index contributed by atoms with van der Waals surface area (Å²) < 4.78 is 7.52. The molecule has 3 heterocycles. The lowest BCUT2D eigenvalue weighted by molar-refractivity contribution is 0.0858. The van der Waals surface area contributed by atoms with E-state index in [0.29, 0.717) is 6.54 Å². The van der Waals surface area contributed by atoms with Crippen LogP contribution in [0, 0.1) is 0 Å². The van der Waals surface area contributed by atoms with Crippen molar-refractivity contribution in [3.63, 3.8) is 0 Å². The maximum absolute atomic E-state index is 12.9. The predicted molar refractivity (Wildman–Crippen MR) is 91.2 cm³/mol. The minimum Gasteiger partial charge on any atom is -0.376 e. The molecule has 6 nitrogen and oxygen atoms in total. The molecule has 6 heteroatoms. The number of rotatable bonds is 4. The number of aryl methyl sites for hydroxylation is 1. The Morgan fingerprint density at radius 2 is 2.29 bits per heavy atom. The number of nitrogens with zero attached hydrogens (tertiary/aromatic N) is 3. The number of carbonyl (C=O) groups excluding carboxylic acids is 1. The molecule has 1 aliphatic carbocycles. The van der Waals surface area contributed by atoms with E-state index in [1.54, 1.807) is 6.20 Å². The van der Waals surface area contributed by atoms with Crippen molar-refractivity contribution in [2.45, 2.75) is 58.1 Å². The lowest BCUT2D eigenvalue weighted by atomic mass is 10.0. The molecule has 0 unspecified atom stereocenters. The summed E-state index contributed by atoms with van der Waals surface area (Å²) in [6, 6.07) is 0.220. The van der Waals surface area contributed by atoms with E-state index < -0.39 is 0 Å². The van der Waals surface area contributed by atoms with Gasteiger partial charge in [0, 0.05) is 24.9 Å². The highest BCUT2D eigenvalue weighted by Crippen LogP contribution is 2.30. The van der Waals surface area contributed by atoms with Gasteiger partial charge in [-0.15, -0.1) is 0 Å². The average molecular weight is 328 g/mol. The SMILES string of the molecule is CC(C)n1ncc2c(C(=O)NC[C@H]3CCCO3)c3c(nc21)CCC3. The van der Waals surface area contributed by atoms with Gasteiger partial charge in [0.05, 0.1) is 23.3 Å². The largest absolute Gasteiger partial charge is 0.376 e. The maximum atomic E-state index is 12.9. The fraction of sp³-hybridized carbons (Fsp3) is 0.611. The molecule has 1 saturated heterocycles. The number of hydrogen-bond donors (Lipinski definition) is 1. The lowest BCUT2D eigenvalue weighted by Gasteiger charge is -2.14. The molecule has 1 N–H and O–H groups in total. The van der Waals surface area contributed by atoms with Crippen LogP contribution in [0.2, 0.25) is 0 Å². The molecule has 0 spiro atoms. The van der Waals surface area contributed by atoms with Crippen LogP contribution in [0.25, 0.3) is 11.0 Å². The van der Waals surface area contributed by atoms with E-state index in [9.17, 15) is 4.79 Å². The number of amides is 1. The first-order valence-electron chi connectivity index (χ1n) is 8.94. The molecule has 4 rings (SSSR count). The second-order valence-corrected chi connectivity index (χ2v) is 7.03. The summed E-state index contributed by atoms with van der Waals surface area (Å²) in [5.74, 6) is -0.0145. The van der Waals surface area contributed by atoms with Crippen LogP contribution in [-0.4, -0.2) is 39.9 Å². The molecule has 128 valence electrons. The van der Waals surface area contributed by atoms with Crippen LogP contribution in [0.15, 0.2) is 6.20 Å². The summed E-state index contributed by atoms with van der Waals surface area (Å²) >= 11 is 0. The molecule has 2 aromatic rings. The Kier molecular flexibility index (Phi) is 4.00. The molecule has 1 fully saturated rings. The Balaban J connectivity index is 1.71. The Bertz CT molecular complexity index is 775. The molecule has 1 amide bonds. The van der Waals surface area contributed by atoms with E-state index in [1.165, 1.54) is 0 Å². The average Bonchev–Trinajstić information content (AvgIpc) is 3.29. The molecule has 0 bridgehead atoms. The van der Waals surface area contributed by atoms with Gasteiger partial charge in [-0.3, -0.25) is 4.79 Å². The molecule has 0 saturated carbocycles. The third-order valence-electron chi connectivity index (χ3n) is 5.00. The van der Waals surface area contributed by atoms with Crippen LogP contribution in [0.1, 0.15) is 60.8 Å². The van der Waals surface area contributed by atoms with Crippen molar-refractivity contribution < 1.29 is 9.53 Å². The van der Waals surface area contributed by atoms with Crippen LogP contribution in [0.4, 0.5) is 0 Å². The molecule has 2 aromatic heterocycles. The standard InChI is InChI=1S/C18H24N4O2/c1-11(2)22-17-14(10-20-22)16(13-6-3-7-15(13)21-17)18(23)19-9-12-5-4-8-24-12/h10-12H,3-9H2,1-2H3,(H,19,23)/t12-/m1/s1. The minimum absolute atomic E-state index is 0.0145. The van der Waals surface area contributed by atoms with Gasteiger partial charge in [-0.1, -0.05) is 0 Å². The fourth-order valence-corrected chi connectivity index (χ4v) is 3.79. The molecule has 24 heavy (non-hydrogen) atoms. The van der Waals surface area contributed by atoms with Crippen LogP contribution in [0.5, 0.6) is 0 Å². The van der Waals surface area contributed by atoms with Gasteiger partial charge in [-0.2, -0.15) is 5.10 Å². The zero-order chi connectivity index (χ0) is 16.7. The van der Waals surface area contributed by atoms with Crippen molar-refractivity contribution in [2.24, 2.45) is 0 Å². The van der Waals surface area contributed by atoms with Crippen LogP contribution in [-0.2, 0) is 17.6 Å². The quantitative estimate of drug-likeness (QED) is 0.936. The van der Waals surface area contributed by atoms with Gasteiger partial charge < -0.3 is 10.1 Å². The third kappa shape index (κ3) is 2.59. The van der Waals surface area contributed by atoms with E-state index in [4.69, 9.17) is 9.72 Å². The summed E-state index contributed by atoms with van der Waals surface area (Å²) in [6.45, 7) is 5.55. The van der Waals surface area contributed by atoms with Gasteiger partial charge in [-0.05, 0) is 51.5 Å². The van der Waals surface area contributed by atoms with Crippen molar-refractivity contribution in [1.82, 2.24) is 20.1 Å². The van der Waals surface area contributed by atoms with Gasteiger partial charge in [0.15, 0.2) is 5.65 Å². The van der Waals surface area contributed by atoms with E-state index in [0.717, 1.165) is 66.6 Å². The molecule has 1 atom stereocenters. The number of hydrogen-bond acceptors (Lipinski definition) is 4. The van der Waals surface area contributed by atoms with Crippen molar-refractivity contribution >= 4 is 16.9 Å². The van der Waals surface area contributed by atoms with Gasteiger partial charge >= 0.3 is 0 Å². The summed E-state index contributed by atoms with van der Waals surface area (Å²) in [5, 5.41) is 8.41. The Labute approximate surface area is 141 Å². The molecule has 2 aliphatic rings. The third-order valence-corrected chi connectivity index (χ3v) is 5.00. The molecule has 0 aromatic carbocycles. The van der Waals surface area contributed by atoms with E-state index in [1.807, 2.05) is 4.68 Å². The molecule has 1 aliphatic heterocycles. The summed E-state index contributed by atoms with van der Waals surface area (Å²) in [4.78, 5) is 17.7. The van der Waals surface area contributed by atoms with Crippen molar-refractivity contribution in [1.29, 1.82) is 0 Å². The molecule has 0 radical (unpaired) electrons. The highest BCUT2D eigenvalue weighted by molar-refractivity contribution is 6.07. The smallest absolute Gasteiger partial charge is 0.252 e. The van der Waals surface area contributed by atoms with Crippen molar-refractivity contribution in [2.75, 3.05) is 13.2 Å². The number of aromatic nitrogens is 3. The highest BCUT2D eigenvalue weighted by atomic mass is 16.5. The van der Waals surface area contributed by atoms with E-state index in [2.05, 4.69) is 24.3 Å². The summed E-state index contributed by atoms with van der Waals surface area (Å²) in [5.41, 5.74) is 3.77. The Morgan fingerprint density at radius 3 is 3.04 bits per heavy atom. The number of carbonyl (C=O) groups is 1. The van der Waals surface area contributed by atoms with E-state index >= 15 is 0 Å². The number of fused-ring (bicyclic) bond motifs is 2. The Hall–Kier alpha value is -1.95. The van der Waals surface area contributed by atoms with Gasteiger partial charge in [0.25, 0.3) is 5.91 Å². The normalized spacial score (nSPS) is 20.0. The van der Waals surface area contributed by atoms with E-state index in [-0.39, 0.29) is 18.1 Å². The molecular weight excluding hydrogens is 304 g/mol. The summed E-state index contributed by atoms with van der Waals surface area (Å²) in [6.07, 6.45) is 6.98. The zero-order valence-electron chi connectivity index (χ0n) is 14.3. The number of ether oxygens (including phenoxy) is 1. The zero-order valence-corrected chi connectivity index (χ0v) is 14.3. The first-order chi connectivity index (χ1) is 11.6. The van der Waals surface area contributed by atoms with Crippen LogP contribution < -0.4 is 5.32 Å².